The summed E-state index contributed by atoms with van der Waals surface area (Å²) in [6.07, 6.45) is 0.349. The number of anilines is 1. The molecule has 14 heteroatoms. The van der Waals surface area contributed by atoms with Crippen LogP contribution in [0.15, 0.2) is 45.6 Å². The summed E-state index contributed by atoms with van der Waals surface area (Å²) in [5.41, 5.74) is 2.68. The average Bonchev–Trinajstić information content (AvgIpc) is 3.73. The van der Waals surface area contributed by atoms with Gasteiger partial charge in [0, 0.05) is 37.6 Å². The molecular weight excluding hydrogens is 619 g/mol. The molecule has 0 spiro atoms. The highest BCUT2D eigenvalue weighted by atomic mass is 35.5. The van der Waals surface area contributed by atoms with Crippen LogP contribution in [-0.4, -0.2) is 63.8 Å². The van der Waals surface area contributed by atoms with Gasteiger partial charge in [-0.3, -0.25) is 4.57 Å². The average molecular weight is 651 g/mol. The van der Waals surface area contributed by atoms with Crippen molar-refractivity contribution in [3.63, 3.8) is 0 Å². The number of benzene rings is 2. The van der Waals surface area contributed by atoms with Crippen molar-refractivity contribution >= 4 is 68.4 Å². The first-order chi connectivity index (χ1) is 21.3. The molecule has 2 fully saturated rings. The minimum Gasteiger partial charge on any atom is -0.450 e. The van der Waals surface area contributed by atoms with E-state index < -0.39 is 12.2 Å². The number of hydrogen-bond donors (Lipinski definition) is 2. The Morgan fingerprint density at radius 2 is 1.89 bits per heavy atom. The lowest BCUT2D eigenvalue weighted by Gasteiger charge is -2.29. The van der Waals surface area contributed by atoms with E-state index in [1.807, 2.05) is 0 Å². The molecule has 1 unspecified atom stereocenters. The zero-order valence-corrected chi connectivity index (χ0v) is 25.5. The lowest BCUT2D eigenvalue weighted by atomic mass is 9.97. The van der Waals surface area contributed by atoms with Gasteiger partial charge < -0.3 is 28.9 Å². The van der Waals surface area contributed by atoms with Gasteiger partial charge in [-0.2, -0.15) is 0 Å². The number of rotatable bonds is 4. The van der Waals surface area contributed by atoms with Gasteiger partial charge in [0.25, 0.3) is 6.43 Å². The Morgan fingerprint density at radius 1 is 1.14 bits per heavy atom. The van der Waals surface area contributed by atoms with Crippen molar-refractivity contribution in [1.29, 1.82) is 0 Å². The fraction of sp³-hybridized carbons (Fsp3) is 0.400. The zero-order chi connectivity index (χ0) is 31.5. The predicted molar refractivity (Wildman–Crippen MR) is 165 cm³/mol. The Labute approximate surface area is 260 Å². The maximum Gasteiger partial charge on any atom is 0.326 e. The van der Waals surface area contributed by atoms with Gasteiger partial charge in [0.1, 0.15) is 17.4 Å². The molecule has 3 aromatic heterocycles. The molecule has 7 rings (SSSR count). The normalized spacial score (nSPS) is 20.1. The maximum atomic E-state index is 13.2. The van der Waals surface area contributed by atoms with Crippen molar-refractivity contribution < 1.29 is 27.8 Å². The van der Waals surface area contributed by atoms with Crippen molar-refractivity contribution in [1.82, 2.24) is 19.5 Å². The number of carbonyl (C=O) groups excluding carboxylic acids is 1. The van der Waals surface area contributed by atoms with Gasteiger partial charge in [-0.25, -0.2) is 23.5 Å². The quantitative estimate of drug-likeness (QED) is 0.217. The van der Waals surface area contributed by atoms with Crippen molar-refractivity contribution in [2.45, 2.75) is 44.7 Å². The summed E-state index contributed by atoms with van der Waals surface area (Å²) in [5, 5.41) is 8.57. The molecule has 2 aromatic carbocycles. The van der Waals surface area contributed by atoms with Crippen LogP contribution < -0.4 is 10.6 Å². The molecule has 3 atom stereocenters. The molecule has 2 aliphatic heterocycles. The smallest absolute Gasteiger partial charge is 0.326 e. The number of aliphatic hydroxyl groups is 1. The fourth-order valence-electron chi connectivity index (χ4n) is 5.78. The van der Waals surface area contributed by atoms with E-state index in [2.05, 4.69) is 21.9 Å². The Hall–Kier alpha value is -3.58. The van der Waals surface area contributed by atoms with Crippen LogP contribution in [0.5, 0.6) is 0 Å². The van der Waals surface area contributed by atoms with Gasteiger partial charge in [0.05, 0.1) is 33.7 Å². The third kappa shape index (κ3) is 6.03. The molecule has 0 bridgehead atoms. The largest absolute Gasteiger partial charge is 0.450 e. The molecule has 2 aliphatic rings. The number of alkyl halides is 2. The molecular formula is C30H31Cl2F2N5O5. The number of furan rings is 1. The lowest BCUT2D eigenvalue weighted by Crippen LogP contribution is -2.33. The van der Waals surface area contributed by atoms with Gasteiger partial charge in [-0.05, 0) is 43.5 Å². The molecule has 5 aromatic rings. The Kier molecular flexibility index (Phi) is 9.84. The Morgan fingerprint density at radius 3 is 2.61 bits per heavy atom. The van der Waals surface area contributed by atoms with E-state index in [-0.39, 0.29) is 23.6 Å². The monoisotopic (exact) mass is 649 g/mol. The number of carbonyl (C=O) groups is 1. The zero-order valence-electron chi connectivity index (χ0n) is 24.0. The van der Waals surface area contributed by atoms with Gasteiger partial charge in [0.2, 0.25) is 0 Å². The molecule has 2 N–H and O–H groups in total. The SMILES string of the molecule is CO.C[C@H]1COCCC1n1c(=O)[nH]c2cc(Cl)c(Cl)cc21.O=C[C@@H]1CCCN1c1nc(C(F)F)nc2c1oc1ccccc12. The maximum absolute atomic E-state index is 13.2. The van der Waals surface area contributed by atoms with E-state index in [0.29, 0.717) is 64.2 Å². The molecule has 2 saturated heterocycles. The van der Waals surface area contributed by atoms with E-state index in [1.54, 1.807) is 45.9 Å². The summed E-state index contributed by atoms with van der Waals surface area (Å²) in [6, 6.07) is 10.3. The topological polar surface area (TPSA) is 126 Å². The van der Waals surface area contributed by atoms with Crippen molar-refractivity contribution in [2.24, 2.45) is 5.92 Å². The molecule has 0 saturated carbocycles. The third-order valence-corrected chi connectivity index (χ3v) is 8.55. The molecule has 234 valence electrons. The number of aromatic amines is 1. The van der Waals surface area contributed by atoms with E-state index in [1.165, 1.54) is 0 Å². The van der Waals surface area contributed by atoms with Crippen molar-refractivity contribution in [3.05, 3.63) is 62.8 Å². The number of hydrogen-bond acceptors (Lipinski definition) is 8. The number of ether oxygens (including phenoxy) is 1. The first kappa shape index (κ1) is 31.8. The molecule has 10 nitrogen and oxygen atoms in total. The van der Waals surface area contributed by atoms with Crippen LogP contribution in [0.2, 0.25) is 10.0 Å². The lowest BCUT2D eigenvalue weighted by molar-refractivity contribution is -0.108. The number of para-hydroxylation sites is 1. The van der Waals surface area contributed by atoms with Crippen LogP contribution in [-0.2, 0) is 9.53 Å². The summed E-state index contributed by atoms with van der Waals surface area (Å²) in [4.78, 5) is 36.0. The summed E-state index contributed by atoms with van der Waals surface area (Å²) in [6.45, 7) is 4.02. The molecule has 0 amide bonds. The Bertz CT molecular complexity index is 1840. The second-order valence-electron chi connectivity index (χ2n) is 10.5. The number of nitrogens with zero attached hydrogens (tertiary/aromatic N) is 4. The number of aldehydes is 1. The first-order valence-electron chi connectivity index (χ1n) is 14.1. The van der Waals surface area contributed by atoms with Crippen LogP contribution in [0, 0.1) is 5.92 Å². The highest BCUT2D eigenvalue weighted by molar-refractivity contribution is 6.42. The summed E-state index contributed by atoms with van der Waals surface area (Å²) in [5.74, 6) is 0.0200. The van der Waals surface area contributed by atoms with Gasteiger partial charge in [0.15, 0.2) is 17.2 Å². The number of fused-ring (bicyclic) bond motifs is 4. The minimum atomic E-state index is -2.79. The van der Waals surface area contributed by atoms with Crippen LogP contribution in [0.25, 0.3) is 33.1 Å². The summed E-state index contributed by atoms with van der Waals surface area (Å²) >= 11 is 12.0. The van der Waals surface area contributed by atoms with Crippen molar-refractivity contribution in [2.75, 3.05) is 31.8 Å². The van der Waals surface area contributed by atoms with E-state index in [9.17, 15) is 18.4 Å². The van der Waals surface area contributed by atoms with Crippen LogP contribution in [0.4, 0.5) is 14.6 Å². The molecule has 0 aliphatic carbocycles. The predicted octanol–water partition coefficient (Wildman–Crippen LogP) is 6.32. The highest BCUT2D eigenvalue weighted by Crippen LogP contribution is 2.37. The van der Waals surface area contributed by atoms with E-state index >= 15 is 0 Å². The van der Waals surface area contributed by atoms with Crippen LogP contribution in [0.1, 0.15) is 44.5 Å². The molecule has 5 heterocycles. The Balaban J connectivity index is 0.000000168. The number of aliphatic hydroxyl groups excluding tert-OH is 1. The fourth-order valence-corrected chi connectivity index (χ4v) is 6.11. The van der Waals surface area contributed by atoms with Gasteiger partial charge in [-0.1, -0.05) is 42.3 Å². The van der Waals surface area contributed by atoms with Crippen LogP contribution >= 0.6 is 23.2 Å². The summed E-state index contributed by atoms with van der Waals surface area (Å²) < 4.78 is 39.4. The minimum absolute atomic E-state index is 0.118. The second kappa shape index (κ2) is 13.6. The number of aromatic nitrogens is 4. The third-order valence-electron chi connectivity index (χ3n) is 7.83. The highest BCUT2D eigenvalue weighted by Gasteiger charge is 2.31. The van der Waals surface area contributed by atoms with Gasteiger partial charge >= 0.3 is 5.69 Å². The van der Waals surface area contributed by atoms with E-state index in [4.69, 9.17) is 37.5 Å². The van der Waals surface area contributed by atoms with Crippen molar-refractivity contribution in [3.8, 4) is 0 Å². The summed E-state index contributed by atoms with van der Waals surface area (Å²) in [7, 11) is 1.00. The number of imidazole rings is 1. The first-order valence-corrected chi connectivity index (χ1v) is 14.8. The second-order valence-corrected chi connectivity index (χ2v) is 11.3. The number of nitrogens with one attached hydrogen (secondary N) is 1. The molecule has 0 radical (unpaired) electrons. The number of H-pyrrole nitrogens is 1. The van der Waals surface area contributed by atoms with E-state index in [0.717, 1.165) is 37.3 Å². The van der Waals surface area contributed by atoms with Crippen LogP contribution in [0.3, 0.4) is 0 Å². The van der Waals surface area contributed by atoms with Gasteiger partial charge in [-0.15, -0.1) is 0 Å². The molecule has 44 heavy (non-hydrogen) atoms. The standard InChI is InChI=1S/C16H13F2N3O2.C13H14Cl2N2O2.CH4O/c17-14(18)15-19-12-10-5-1-2-6-11(10)23-13(12)16(20-15)21-7-3-4-9(21)8-22;1-7-6-19-3-2-11(7)17-12-5-9(15)8(14)4-10(12)16-13(17)18;1-2/h1-2,5-6,8-9,14H,3-4,7H2;4-5,7,11H,2-3,6H2,1H3,(H,16,18);2H,1H3/t9-;7-,11?;/m00./s1. The number of halogens is 4.